The zero-order chi connectivity index (χ0) is 20.5. The van der Waals surface area contributed by atoms with E-state index in [1.54, 1.807) is 0 Å². The van der Waals surface area contributed by atoms with Gasteiger partial charge in [0.25, 0.3) is 0 Å². The molecule has 0 amide bonds. The number of aromatic nitrogens is 5. The van der Waals surface area contributed by atoms with E-state index < -0.39 is 0 Å². The standard InChI is InChI=1S/C22H24ClN7/c1-28-10-12-29(13-11-28)14-15-30-22-18(20(27-30)16-6-3-2-4-7-16)19(23)21(25-26-22)17-8-5-9-24-17/h2-9,24H,10-15H2,1H3. The second-order valence-electron chi connectivity index (χ2n) is 7.73. The fourth-order valence-electron chi connectivity index (χ4n) is 3.93. The predicted octanol–water partition coefficient (Wildman–Crippen LogP) is 3.39. The fourth-order valence-corrected chi connectivity index (χ4v) is 4.24. The van der Waals surface area contributed by atoms with Crippen LogP contribution in [0.3, 0.4) is 0 Å². The lowest BCUT2D eigenvalue weighted by atomic mass is 10.1. The van der Waals surface area contributed by atoms with E-state index in [2.05, 4.69) is 44.2 Å². The molecule has 7 nitrogen and oxygen atoms in total. The molecule has 0 saturated carbocycles. The van der Waals surface area contributed by atoms with Crippen LogP contribution in [0.2, 0.25) is 5.02 Å². The summed E-state index contributed by atoms with van der Waals surface area (Å²) in [7, 11) is 2.17. The van der Waals surface area contributed by atoms with Gasteiger partial charge in [-0.1, -0.05) is 41.9 Å². The summed E-state index contributed by atoms with van der Waals surface area (Å²) in [5, 5.41) is 15.3. The van der Waals surface area contributed by atoms with Crippen LogP contribution in [0.25, 0.3) is 33.7 Å². The molecule has 30 heavy (non-hydrogen) atoms. The number of H-pyrrole nitrogens is 1. The molecule has 0 atom stereocenters. The lowest BCUT2D eigenvalue weighted by molar-refractivity contribution is 0.149. The molecular formula is C22H24ClN7. The Morgan fingerprint density at radius 2 is 1.73 bits per heavy atom. The summed E-state index contributed by atoms with van der Waals surface area (Å²) in [6.45, 7) is 6.02. The van der Waals surface area contributed by atoms with Gasteiger partial charge in [-0.2, -0.15) is 5.10 Å². The van der Waals surface area contributed by atoms with Crippen molar-refractivity contribution in [1.82, 2.24) is 34.8 Å². The molecular weight excluding hydrogens is 398 g/mol. The first-order valence-electron chi connectivity index (χ1n) is 10.2. The van der Waals surface area contributed by atoms with Gasteiger partial charge in [0.05, 0.1) is 22.6 Å². The molecule has 1 aromatic carbocycles. The lowest BCUT2D eigenvalue weighted by Gasteiger charge is -2.32. The third-order valence-corrected chi connectivity index (χ3v) is 6.09. The normalized spacial score (nSPS) is 15.8. The zero-order valence-electron chi connectivity index (χ0n) is 16.9. The van der Waals surface area contributed by atoms with Gasteiger partial charge in [0, 0.05) is 44.5 Å². The van der Waals surface area contributed by atoms with Crippen molar-refractivity contribution in [3.05, 3.63) is 53.7 Å². The molecule has 0 bridgehead atoms. The van der Waals surface area contributed by atoms with Crippen molar-refractivity contribution in [3.63, 3.8) is 0 Å². The van der Waals surface area contributed by atoms with Crippen LogP contribution in [0, 0.1) is 0 Å². The molecule has 1 N–H and O–H groups in total. The van der Waals surface area contributed by atoms with Gasteiger partial charge in [-0.15, -0.1) is 10.2 Å². The molecule has 3 aromatic heterocycles. The van der Waals surface area contributed by atoms with E-state index in [1.165, 1.54) is 0 Å². The molecule has 0 aliphatic carbocycles. The molecule has 5 rings (SSSR count). The van der Waals surface area contributed by atoms with Gasteiger partial charge in [0.15, 0.2) is 5.65 Å². The number of hydrogen-bond acceptors (Lipinski definition) is 5. The van der Waals surface area contributed by atoms with Crippen LogP contribution in [-0.4, -0.2) is 74.5 Å². The number of benzene rings is 1. The lowest BCUT2D eigenvalue weighted by Crippen LogP contribution is -2.45. The molecule has 4 heterocycles. The monoisotopic (exact) mass is 421 g/mol. The number of hydrogen-bond donors (Lipinski definition) is 1. The van der Waals surface area contributed by atoms with Crippen LogP contribution >= 0.6 is 11.6 Å². The maximum Gasteiger partial charge on any atom is 0.182 e. The van der Waals surface area contributed by atoms with E-state index in [0.717, 1.165) is 67.3 Å². The van der Waals surface area contributed by atoms with Crippen LogP contribution in [0.4, 0.5) is 0 Å². The molecule has 0 radical (unpaired) electrons. The Morgan fingerprint density at radius 1 is 0.933 bits per heavy atom. The Kier molecular flexibility index (Phi) is 5.25. The van der Waals surface area contributed by atoms with E-state index in [1.807, 2.05) is 41.2 Å². The van der Waals surface area contributed by atoms with Crippen molar-refractivity contribution in [1.29, 1.82) is 0 Å². The molecule has 4 aromatic rings. The van der Waals surface area contributed by atoms with Gasteiger partial charge in [0.1, 0.15) is 11.4 Å². The minimum Gasteiger partial charge on any atom is -0.360 e. The SMILES string of the molecule is CN1CCN(CCn2nc(-c3ccccc3)c3c(Cl)c(-c4ccc[nH]4)nnc32)CC1. The number of nitrogens with zero attached hydrogens (tertiary/aromatic N) is 6. The number of rotatable bonds is 5. The van der Waals surface area contributed by atoms with Crippen molar-refractivity contribution >= 4 is 22.6 Å². The molecule has 8 heteroatoms. The van der Waals surface area contributed by atoms with E-state index in [-0.39, 0.29) is 0 Å². The van der Waals surface area contributed by atoms with Crippen LogP contribution in [0.5, 0.6) is 0 Å². The van der Waals surface area contributed by atoms with Crippen molar-refractivity contribution in [2.75, 3.05) is 39.8 Å². The Bertz CT molecular complexity index is 1130. The Morgan fingerprint density at radius 3 is 2.47 bits per heavy atom. The second kappa shape index (κ2) is 8.18. The molecule has 1 fully saturated rings. The van der Waals surface area contributed by atoms with Crippen molar-refractivity contribution in [2.24, 2.45) is 0 Å². The van der Waals surface area contributed by atoms with Crippen molar-refractivity contribution < 1.29 is 0 Å². The molecule has 0 spiro atoms. The number of fused-ring (bicyclic) bond motifs is 1. The number of likely N-dealkylation sites (N-methyl/N-ethyl adjacent to an activating group) is 1. The number of nitrogens with one attached hydrogen (secondary N) is 1. The largest absolute Gasteiger partial charge is 0.360 e. The summed E-state index contributed by atoms with van der Waals surface area (Å²) in [5.41, 5.74) is 4.08. The molecule has 1 aliphatic rings. The average molecular weight is 422 g/mol. The Labute approximate surface area is 180 Å². The number of piperazine rings is 1. The smallest absolute Gasteiger partial charge is 0.182 e. The first-order valence-corrected chi connectivity index (χ1v) is 10.6. The minimum atomic E-state index is 0.576. The van der Waals surface area contributed by atoms with Crippen LogP contribution < -0.4 is 0 Å². The third kappa shape index (κ3) is 3.60. The van der Waals surface area contributed by atoms with E-state index in [9.17, 15) is 0 Å². The highest BCUT2D eigenvalue weighted by Gasteiger charge is 2.22. The van der Waals surface area contributed by atoms with Crippen LogP contribution in [0.15, 0.2) is 48.7 Å². The van der Waals surface area contributed by atoms with Gasteiger partial charge < -0.3 is 9.88 Å². The third-order valence-electron chi connectivity index (χ3n) is 5.72. The van der Waals surface area contributed by atoms with Gasteiger partial charge in [0.2, 0.25) is 0 Å². The first kappa shape index (κ1) is 19.2. The maximum absolute atomic E-state index is 6.87. The summed E-state index contributed by atoms with van der Waals surface area (Å²) in [5.74, 6) is 0. The number of halogens is 1. The molecule has 1 aliphatic heterocycles. The average Bonchev–Trinajstić information content (AvgIpc) is 3.43. The van der Waals surface area contributed by atoms with Crippen molar-refractivity contribution in [2.45, 2.75) is 6.54 Å². The fraction of sp³-hybridized carbons (Fsp3) is 0.318. The van der Waals surface area contributed by atoms with Crippen molar-refractivity contribution in [3.8, 4) is 22.6 Å². The number of aromatic amines is 1. The van der Waals surface area contributed by atoms with Gasteiger partial charge in [-0.25, -0.2) is 4.68 Å². The quantitative estimate of drug-likeness (QED) is 0.535. The summed E-state index contributed by atoms with van der Waals surface area (Å²) < 4.78 is 1.95. The van der Waals surface area contributed by atoms with E-state index in [4.69, 9.17) is 16.7 Å². The molecule has 154 valence electrons. The second-order valence-corrected chi connectivity index (χ2v) is 8.11. The van der Waals surface area contributed by atoms with Crippen LogP contribution in [-0.2, 0) is 6.54 Å². The molecule has 1 saturated heterocycles. The topological polar surface area (TPSA) is 65.9 Å². The van der Waals surface area contributed by atoms with Crippen LogP contribution in [0.1, 0.15) is 0 Å². The Balaban J connectivity index is 1.55. The maximum atomic E-state index is 6.87. The summed E-state index contributed by atoms with van der Waals surface area (Å²) in [6.07, 6.45) is 1.86. The highest BCUT2D eigenvalue weighted by Crippen LogP contribution is 2.36. The van der Waals surface area contributed by atoms with Gasteiger partial charge in [-0.05, 0) is 19.2 Å². The summed E-state index contributed by atoms with van der Waals surface area (Å²) in [4.78, 5) is 8.00. The minimum absolute atomic E-state index is 0.576. The highest BCUT2D eigenvalue weighted by molar-refractivity contribution is 6.38. The predicted molar refractivity (Wildman–Crippen MR) is 119 cm³/mol. The zero-order valence-corrected chi connectivity index (χ0v) is 17.7. The Hall–Kier alpha value is -2.74. The van der Waals surface area contributed by atoms with Gasteiger partial charge >= 0.3 is 0 Å². The molecule has 0 unspecified atom stereocenters. The van der Waals surface area contributed by atoms with E-state index in [0.29, 0.717) is 10.7 Å². The summed E-state index contributed by atoms with van der Waals surface area (Å²) >= 11 is 6.87. The first-order chi connectivity index (χ1) is 14.7. The highest BCUT2D eigenvalue weighted by atomic mass is 35.5. The van der Waals surface area contributed by atoms with E-state index >= 15 is 0 Å². The van der Waals surface area contributed by atoms with Gasteiger partial charge in [-0.3, -0.25) is 4.90 Å². The summed E-state index contributed by atoms with van der Waals surface area (Å²) in [6, 6.07) is 14.0.